The second kappa shape index (κ2) is 6.90. The van der Waals surface area contributed by atoms with E-state index in [1.165, 1.54) is 32.1 Å². The molecule has 0 bridgehead atoms. The Balaban J connectivity index is 1.49. The minimum absolute atomic E-state index is 0.346. The molecule has 4 nitrogen and oxygen atoms in total. The zero-order valence-corrected chi connectivity index (χ0v) is 12.5. The largest absolute Gasteiger partial charge is 0.378 e. The predicted molar refractivity (Wildman–Crippen MR) is 78.5 cm³/mol. The summed E-state index contributed by atoms with van der Waals surface area (Å²) in [5.41, 5.74) is 0. The molecule has 0 aromatic carbocycles. The standard InChI is InChI=1S/C16H28N2O2/c19-16(6-5-14-3-2-12-20-14)18-11-1-4-15(18)13-7-9-17-10-8-13/h13-15,17H,1-12H2. The van der Waals surface area contributed by atoms with Gasteiger partial charge in [0.1, 0.15) is 0 Å². The van der Waals surface area contributed by atoms with Crippen LogP contribution in [0.5, 0.6) is 0 Å². The van der Waals surface area contributed by atoms with Crippen LogP contribution in [0.1, 0.15) is 51.4 Å². The van der Waals surface area contributed by atoms with Crippen LogP contribution in [0.2, 0.25) is 0 Å². The lowest BCUT2D eigenvalue weighted by Gasteiger charge is -2.34. The third-order valence-corrected chi connectivity index (χ3v) is 5.25. The lowest BCUT2D eigenvalue weighted by atomic mass is 9.88. The fourth-order valence-corrected chi connectivity index (χ4v) is 4.12. The van der Waals surface area contributed by atoms with Gasteiger partial charge in [0.05, 0.1) is 6.10 Å². The van der Waals surface area contributed by atoms with Gasteiger partial charge in [-0.25, -0.2) is 0 Å². The van der Waals surface area contributed by atoms with E-state index < -0.39 is 0 Å². The van der Waals surface area contributed by atoms with Gasteiger partial charge in [-0.1, -0.05) is 0 Å². The molecule has 3 aliphatic rings. The molecule has 20 heavy (non-hydrogen) atoms. The van der Waals surface area contributed by atoms with Gasteiger partial charge in [0.2, 0.25) is 5.91 Å². The zero-order valence-electron chi connectivity index (χ0n) is 12.5. The van der Waals surface area contributed by atoms with E-state index in [1.54, 1.807) is 0 Å². The lowest BCUT2D eigenvalue weighted by Crippen LogP contribution is -2.43. The highest BCUT2D eigenvalue weighted by atomic mass is 16.5. The summed E-state index contributed by atoms with van der Waals surface area (Å²) in [5, 5.41) is 3.42. The number of ether oxygens (including phenoxy) is 1. The first-order chi connectivity index (χ1) is 9.84. The summed E-state index contributed by atoms with van der Waals surface area (Å²) in [6.45, 7) is 4.12. The van der Waals surface area contributed by atoms with Crippen molar-refractivity contribution in [3.05, 3.63) is 0 Å². The van der Waals surface area contributed by atoms with E-state index in [-0.39, 0.29) is 0 Å². The third kappa shape index (κ3) is 3.34. The van der Waals surface area contributed by atoms with E-state index in [0.717, 1.165) is 45.0 Å². The first kappa shape index (κ1) is 14.3. The maximum Gasteiger partial charge on any atom is 0.222 e. The van der Waals surface area contributed by atoms with Crippen LogP contribution in [0.25, 0.3) is 0 Å². The van der Waals surface area contributed by atoms with Gasteiger partial charge in [-0.05, 0) is 64.0 Å². The first-order valence-corrected chi connectivity index (χ1v) is 8.46. The van der Waals surface area contributed by atoms with Gasteiger partial charge in [-0.15, -0.1) is 0 Å². The van der Waals surface area contributed by atoms with Crippen LogP contribution in [0, 0.1) is 5.92 Å². The number of hydrogen-bond donors (Lipinski definition) is 1. The number of nitrogens with one attached hydrogen (secondary N) is 1. The van der Waals surface area contributed by atoms with Gasteiger partial charge in [0.15, 0.2) is 0 Å². The topological polar surface area (TPSA) is 41.6 Å². The van der Waals surface area contributed by atoms with Crippen molar-refractivity contribution in [2.75, 3.05) is 26.2 Å². The van der Waals surface area contributed by atoms with Crippen molar-refractivity contribution in [3.63, 3.8) is 0 Å². The number of piperidine rings is 1. The van der Waals surface area contributed by atoms with Crippen LogP contribution in [0.4, 0.5) is 0 Å². The summed E-state index contributed by atoms with van der Waals surface area (Å²) in [6, 6.07) is 0.522. The fourth-order valence-electron chi connectivity index (χ4n) is 4.12. The lowest BCUT2D eigenvalue weighted by molar-refractivity contribution is -0.133. The number of hydrogen-bond acceptors (Lipinski definition) is 3. The van der Waals surface area contributed by atoms with E-state index in [0.29, 0.717) is 24.5 Å². The van der Waals surface area contributed by atoms with E-state index in [2.05, 4.69) is 10.2 Å². The molecule has 3 heterocycles. The molecule has 3 aliphatic heterocycles. The molecule has 3 fully saturated rings. The first-order valence-electron chi connectivity index (χ1n) is 8.46. The molecule has 114 valence electrons. The second-order valence-corrected chi connectivity index (χ2v) is 6.56. The minimum Gasteiger partial charge on any atom is -0.378 e. The Kier molecular flexibility index (Phi) is 4.94. The summed E-state index contributed by atoms with van der Waals surface area (Å²) in [6.07, 6.45) is 9.15. The molecule has 3 rings (SSSR count). The quantitative estimate of drug-likeness (QED) is 0.855. The maximum atomic E-state index is 12.5. The Labute approximate surface area is 122 Å². The summed E-state index contributed by atoms with van der Waals surface area (Å²) >= 11 is 0. The summed E-state index contributed by atoms with van der Waals surface area (Å²) in [7, 11) is 0. The van der Waals surface area contributed by atoms with E-state index >= 15 is 0 Å². The number of carbonyl (C=O) groups excluding carboxylic acids is 1. The third-order valence-electron chi connectivity index (χ3n) is 5.25. The van der Waals surface area contributed by atoms with Gasteiger partial charge in [0.25, 0.3) is 0 Å². The van der Waals surface area contributed by atoms with Gasteiger partial charge in [0, 0.05) is 25.6 Å². The monoisotopic (exact) mass is 280 g/mol. The SMILES string of the molecule is O=C(CCC1CCCO1)N1CCCC1C1CCNCC1. The highest BCUT2D eigenvalue weighted by Gasteiger charge is 2.35. The van der Waals surface area contributed by atoms with Crippen LogP contribution in [-0.2, 0) is 9.53 Å². The summed E-state index contributed by atoms with van der Waals surface area (Å²) in [5.74, 6) is 1.10. The minimum atomic E-state index is 0.346. The van der Waals surface area contributed by atoms with Gasteiger partial charge >= 0.3 is 0 Å². The second-order valence-electron chi connectivity index (χ2n) is 6.56. The molecule has 0 aliphatic carbocycles. The highest BCUT2D eigenvalue weighted by molar-refractivity contribution is 5.76. The van der Waals surface area contributed by atoms with Gasteiger partial charge in [-0.2, -0.15) is 0 Å². The van der Waals surface area contributed by atoms with Crippen LogP contribution < -0.4 is 5.32 Å². The Bertz CT molecular complexity index is 322. The molecule has 0 aromatic heterocycles. The normalized spacial score (nSPS) is 31.9. The predicted octanol–water partition coefficient (Wildman–Crippen LogP) is 1.94. The van der Waals surface area contributed by atoms with Crippen molar-refractivity contribution >= 4 is 5.91 Å². The zero-order chi connectivity index (χ0) is 13.8. The number of nitrogens with zero attached hydrogens (tertiary/aromatic N) is 1. The highest BCUT2D eigenvalue weighted by Crippen LogP contribution is 2.30. The van der Waals surface area contributed by atoms with Crippen molar-refractivity contribution in [3.8, 4) is 0 Å². The summed E-state index contributed by atoms with van der Waals surface area (Å²) < 4.78 is 5.63. The smallest absolute Gasteiger partial charge is 0.222 e. The van der Waals surface area contributed by atoms with Gasteiger partial charge < -0.3 is 15.0 Å². The molecule has 3 saturated heterocycles. The maximum absolute atomic E-state index is 12.5. The molecular formula is C16H28N2O2. The molecule has 2 atom stereocenters. The number of likely N-dealkylation sites (tertiary alicyclic amines) is 1. The van der Waals surface area contributed by atoms with Crippen LogP contribution in [-0.4, -0.2) is 49.2 Å². The summed E-state index contributed by atoms with van der Waals surface area (Å²) in [4.78, 5) is 14.7. The average Bonchev–Trinajstić information content (AvgIpc) is 3.17. The van der Waals surface area contributed by atoms with Crippen LogP contribution in [0.3, 0.4) is 0 Å². The van der Waals surface area contributed by atoms with Crippen molar-refractivity contribution in [2.45, 2.75) is 63.5 Å². The molecule has 4 heteroatoms. The fraction of sp³-hybridized carbons (Fsp3) is 0.938. The molecular weight excluding hydrogens is 252 g/mol. The van der Waals surface area contributed by atoms with Crippen molar-refractivity contribution in [1.82, 2.24) is 10.2 Å². The Morgan fingerprint density at radius 3 is 2.75 bits per heavy atom. The van der Waals surface area contributed by atoms with Crippen LogP contribution in [0.15, 0.2) is 0 Å². The Hall–Kier alpha value is -0.610. The van der Waals surface area contributed by atoms with E-state index in [1.807, 2.05) is 0 Å². The molecule has 0 spiro atoms. The molecule has 2 unspecified atom stereocenters. The molecule has 1 amide bonds. The number of amides is 1. The van der Waals surface area contributed by atoms with Gasteiger partial charge in [-0.3, -0.25) is 4.79 Å². The molecule has 0 aromatic rings. The van der Waals surface area contributed by atoms with Crippen molar-refractivity contribution in [1.29, 1.82) is 0 Å². The van der Waals surface area contributed by atoms with Crippen molar-refractivity contribution in [2.24, 2.45) is 5.92 Å². The number of rotatable bonds is 4. The number of carbonyl (C=O) groups is 1. The molecule has 0 saturated carbocycles. The molecule has 1 N–H and O–H groups in total. The van der Waals surface area contributed by atoms with E-state index in [9.17, 15) is 4.79 Å². The average molecular weight is 280 g/mol. The molecule has 0 radical (unpaired) electrons. The van der Waals surface area contributed by atoms with Crippen molar-refractivity contribution < 1.29 is 9.53 Å². The Morgan fingerprint density at radius 1 is 1.15 bits per heavy atom. The van der Waals surface area contributed by atoms with Crippen LogP contribution >= 0.6 is 0 Å². The van der Waals surface area contributed by atoms with E-state index in [4.69, 9.17) is 4.74 Å². The Morgan fingerprint density at radius 2 is 2.00 bits per heavy atom.